The smallest absolute Gasteiger partial charge is 0.337 e. The maximum absolute atomic E-state index is 13.6. The molecule has 0 saturated carbocycles. The van der Waals surface area contributed by atoms with E-state index in [9.17, 15) is 14.9 Å². The van der Waals surface area contributed by atoms with Gasteiger partial charge in [0.2, 0.25) is 5.13 Å². The van der Waals surface area contributed by atoms with E-state index in [1.54, 1.807) is 40.9 Å². The first-order chi connectivity index (χ1) is 16.6. The lowest BCUT2D eigenvalue weighted by Crippen LogP contribution is -2.42. The molecule has 1 unspecified atom stereocenters. The Morgan fingerprint density at radius 2 is 1.97 bits per heavy atom. The zero-order valence-corrected chi connectivity index (χ0v) is 21.9. The van der Waals surface area contributed by atoms with Crippen molar-refractivity contribution in [3.8, 4) is 6.07 Å². The van der Waals surface area contributed by atoms with Gasteiger partial charge < -0.3 is 10.5 Å². The van der Waals surface area contributed by atoms with Crippen LogP contribution in [0.3, 0.4) is 0 Å². The van der Waals surface area contributed by atoms with Crippen LogP contribution >= 0.6 is 23.1 Å². The topological polar surface area (TPSA) is 122 Å². The molecule has 1 aliphatic carbocycles. The number of thioether (sulfide) groups is 1. The van der Waals surface area contributed by atoms with E-state index in [1.165, 1.54) is 18.4 Å². The van der Waals surface area contributed by atoms with Gasteiger partial charge in [-0.15, -0.1) is 10.2 Å². The molecule has 35 heavy (non-hydrogen) atoms. The summed E-state index contributed by atoms with van der Waals surface area (Å²) in [7, 11) is 1.32. The molecule has 10 heteroatoms. The minimum Gasteiger partial charge on any atom is -0.465 e. The number of methoxy groups -OCH3 is 1. The van der Waals surface area contributed by atoms with Crippen LogP contribution in [0, 0.1) is 16.7 Å². The quantitative estimate of drug-likeness (QED) is 0.449. The summed E-state index contributed by atoms with van der Waals surface area (Å²) in [5.41, 5.74) is 9.04. The Morgan fingerprint density at radius 3 is 2.57 bits per heavy atom. The van der Waals surface area contributed by atoms with Crippen LogP contribution in [0.5, 0.6) is 0 Å². The second-order valence-electron chi connectivity index (χ2n) is 9.61. The number of nitriles is 1. The van der Waals surface area contributed by atoms with E-state index >= 15 is 0 Å². The molecule has 1 aromatic heterocycles. The highest BCUT2D eigenvalue weighted by Gasteiger charge is 2.45. The zero-order chi connectivity index (χ0) is 25.5. The van der Waals surface area contributed by atoms with Crippen molar-refractivity contribution in [1.82, 2.24) is 10.2 Å². The molecule has 1 aliphatic heterocycles. The number of benzene rings is 1. The average Bonchev–Trinajstić information content (AvgIpc) is 3.24. The van der Waals surface area contributed by atoms with E-state index in [-0.39, 0.29) is 22.6 Å². The molecule has 2 heterocycles. The van der Waals surface area contributed by atoms with Crippen LogP contribution in [-0.4, -0.2) is 34.3 Å². The van der Waals surface area contributed by atoms with E-state index in [4.69, 9.17) is 10.5 Å². The lowest BCUT2D eigenvalue weighted by Gasteiger charge is -2.42. The van der Waals surface area contributed by atoms with Gasteiger partial charge in [0.15, 0.2) is 10.1 Å². The van der Waals surface area contributed by atoms with Crippen LogP contribution in [0.4, 0.5) is 5.13 Å². The number of hydrogen-bond acceptors (Lipinski definition) is 10. The number of Topliss-reactive ketones (excluding diaryl/α,β-unsaturated/α-hetero) is 1. The fourth-order valence-corrected chi connectivity index (χ4v) is 6.64. The molecular formula is C25H27N5O3S2. The van der Waals surface area contributed by atoms with Crippen molar-refractivity contribution in [3.63, 3.8) is 0 Å². The van der Waals surface area contributed by atoms with E-state index in [1.807, 2.05) is 13.8 Å². The van der Waals surface area contributed by atoms with Crippen LogP contribution in [0.2, 0.25) is 0 Å². The minimum atomic E-state index is -0.626. The molecule has 0 spiro atoms. The van der Waals surface area contributed by atoms with Gasteiger partial charge in [-0.25, -0.2) is 4.79 Å². The van der Waals surface area contributed by atoms with Crippen LogP contribution in [-0.2, 0) is 9.53 Å². The van der Waals surface area contributed by atoms with Gasteiger partial charge in [0.1, 0.15) is 5.82 Å². The van der Waals surface area contributed by atoms with Crippen molar-refractivity contribution in [3.05, 3.63) is 58.1 Å². The fraction of sp³-hybridized carbons (Fsp3) is 0.400. The standard InChI is InChI=1S/C25H27N5O3S2/c1-13(2)34-24-29-28-23(35-24)30-17-10-25(3,4)11-18(31)20(17)19(16(12-26)21(30)27)14-6-8-15(9-7-14)22(32)33-5/h6-9,13,19H,10-11,27H2,1-5H3. The Labute approximate surface area is 212 Å². The number of hydrogen-bond donors (Lipinski definition) is 1. The third kappa shape index (κ3) is 4.70. The second-order valence-corrected chi connectivity index (χ2v) is 12.4. The molecule has 0 bridgehead atoms. The summed E-state index contributed by atoms with van der Waals surface area (Å²) in [6.07, 6.45) is 0.954. The van der Waals surface area contributed by atoms with Crippen molar-refractivity contribution in [1.29, 1.82) is 5.26 Å². The number of carbonyl (C=O) groups excluding carboxylic acids is 2. The van der Waals surface area contributed by atoms with Crippen molar-refractivity contribution in [2.75, 3.05) is 12.0 Å². The highest BCUT2D eigenvalue weighted by Crippen LogP contribution is 2.50. The monoisotopic (exact) mass is 509 g/mol. The molecule has 2 aromatic rings. The average molecular weight is 510 g/mol. The van der Waals surface area contributed by atoms with E-state index < -0.39 is 11.9 Å². The molecule has 4 rings (SSSR count). The van der Waals surface area contributed by atoms with Crippen LogP contribution < -0.4 is 10.6 Å². The molecule has 182 valence electrons. The lowest BCUT2D eigenvalue weighted by molar-refractivity contribution is -0.118. The number of esters is 1. The largest absolute Gasteiger partial charge is 0.465 e. The van der Waals surface area contributed by atoms with Gasteiger partial charge >= 0.3 is 5.97 Å². The van der Waals surface area contributed by atoms with Crippen molar-refractivity contribution >= 4 is 40.0 Å². The first-order valence-corrected chi connectivity index (χ1v) is 12.9. The van der Waals surface area contributed by atoms with Crippen LogP contribution in [0.25, 0.3) is 0 Å². The number of anilines is 1. The Bertz CT molecular complexity index is 1280. The van der Waals surface area contributed by atoms with Crippen molar-refractivity contribution < 1.29 is 14.3 Å². The predicted octanol–water partition coefficient (Wildman–Crippen LogP) is 4.77. The number of aromatic nitrogens is 2. The summed E-state index contributed by atoms with van der Waals surface area (Å²) >= 11 is 2.99. The maximum atomic E-state index is 13.6. The summed E-state index contributed by atoms with van der Waals surface area (Å²) in [5.74, 6) is -0.858. The number of nitrogens with zero attached hydrogens (tertiary/aromatic N) is 4. The number of ketones is 1. The van der Waals surface area contributed by atoms with Crippen molar-refractivity contribution in [2.45, 2.75) is 56.0 Å². The molecule has 0 radical (unpaired) electrons. The Hall–Kier alpha value is -3.16. The lowest BCUT2D eigenvalue weighted by atomic mass is 9.68. The molecule has 0 fully saturated rings. The summed E-state index contributed by atoms with van der Waals surface area (Å²) in [6.45, 7) is 8.25. The van der Waals surface area contributed by atoms with Crippen LogP contribution in [0.1, 0.15) is 62.4 Å². The first kappa shape index (κ1) is 24.9. The van der Waals surface area contributed by atoms with E-state index in [0.29, 0.717) is 39.9 Å². The van der Waals surface area contributed by atoms with Crippen molar-refractivity contribution in [2.24, 2.45) is 11.1 Å². The summed E-state index contributed by atoms with van der Waals surface area (Å²) in [4.78, 5) is 27.2. The molecule has 2 N–H and O–H groups in total. The number of allylic oxidation sites excluding steroid dienone is 3. The summed E-state index contributed by atoms with van der Waals surface area (Å²) < 4.78 is 5.59. The molecule has 1 atom stereocenters. The zero-order valence-electron chi connectivity index (χ0n) is 20.3. The molecule has 1 aromatic carbocycles. The fourth-order valence-electron chi connectivity index (χ4n) is 4.53. The number of ether oxygens (including phenoxy) is 1. The molecule has 0 amide bonds. The van der Waals surface area contributed by atoms with Gasteiger partial charge in [-0.05, 0) is 29.5 Å². The molecule has 8 nitrogen and oxygen atoms in total. The Balaban J connectivity index is 1.89. The van der Waals surface area contributed by atoms with Gasteiger partial charge in [-0.1, -0.05) is 62.9 Å². The van der Waals surface area contributed by atoms with Crippen LogP contribution in [0.15, 0.2) is 51.3 Å². The highest BCUT2D eigenvalue weighted by molar-refractivity contribution is 8.01. The Kier molecular flexibility index (Phi) is 6.75. The van der Waals surface area contributed by atoms with Gasteiger partial charge in [0.05, 0.1) is 30.2 Å². The van der Waals surface area contributed by atoms with Gasteiger partial charge in [0, 0.05) is 22.9 Å². The third-order valence-corrected chi connectivity index (χ3v) is 7.97. The Morgan fingerprint density at radius 1 is 1.29 bits per heavy atom. The molecule has 0 saturated heterocycles. The van der Waals surface area contributed by atoms with Gasteiger partial charge in [-0.3, -0.25) is 9.69 Å². The second kappa shape index (κ2) is 9.47. The number of carbonyl (C=O) groups is 2. The van der Waals surface area contributed by atoms with Gasteiger partial charge in [-0.2, -0.15) is 5.26 Å². The van der Waals surface area contributed by atoms with Gasteiger partial charge in [0.25, 0.3) is 0 Å². The summed E-state index contributed by atoms with van der Waals surface area (Å²) in [6, 6.07) is 9.02. The van der Waals surface area contributed by atoms with E-state index in [2.05, 4.69) is 30.1 Å². The predicted molar refractivity (Wildman–Crippen MR) is 136 cm³/mol. The summed E-state index contributed by atoms with van der Waals surface area (Å²) in [5, 5.41) is 19.7. The molecular weight excluding hydrogens is 482 g/mol. The highest BCUT2D eigenvalue weighted by atomic mass is 32.2. The number of rotatable bonds is 5. The maximum Gasteiger partial charge on any atom is 0.337 e. The van der Waals surface area contributed by atoms with E-state index in [0.717, 1.165) is 10.0 Å². The molecule has 2 aliphatic rings. The SMILES string of the molecule is COC(=O)c1ccc(C2C(C#N)=C(N)N(c3nnc(SC(C)C)s3)C3=C2C(=O)CC(C)(C)C3)cc1. The number of nitrogens with two attached hydrogens (primary N) is 1. The normalized spacial score (nSPS) is 19.6. The minimum absolute atomic E-state index is 0.0233. The first-order valence-electron chi connectivity index (χ1n) is 11.2. The third-order valence-electron chi connectivity index (χ3n) is 5.97.